The number of alkyl halides is 3. The van der Waals surface area contributed by atoms with Crippen LogP contribution in [0.5, 0.6) is 0 Å². The Kier molecular flexibility index (Phi) is 13.7. The second kappa shape index (κ2) is 17.0. The molecule has 0 aliphatic carbocycles. The third-order valence-corrected chi connectivity index (χ3v) is 6.64. The molecule has 0 spiro atoms. The second-order valence-corrected chi connectivity index (χ2v) is 11.6. The van der Waals surface area contributed by atoms with Crippen LogP contribution in [0.25, 0.3) is 0 Å². The molecule has 10 nitrogen and oxygen atoms in total. The number of benzene rings is 2. The topological polar surface area (TPSA) is 123 Å². The summed E-state index contributed by atoms with van der Waals surface area (Å²) in [6, 6.07) is 18.0. The highest BCUT2D eigenvalue weighted by molar-refractivity contribution is 6.76. The average molecular weight is 659 g/mol. The molecule has 0 amide bonds. The van der Waals surface area contributed by atoms with Gasteiger partial charge in [-0.05, 0) is 18.1 Å². The van der Waals surface area contributed by atoms with Crippen molar-refractivity contribution in [1.29, 1.82) is 5.41 Å². The predicted octanol–water partition coefficient (Wildman–Crippen LogP) is 5.48. The van der Waals surface area contributed by atoms with Gasteiger partial charge in [-0.1, -0.05) is 102 Å². The van der Waals surface area contributed by atoms with E-state index in [1.165, 1.54) is 13.0 Å². The Hall–Kier alpha value is -2.70. The van der Waals surface area contributed by atoms with Crippen molar-refractivity contribution in [3.8, 4) is 0 Å². The summed E-state index contributed by atoms with van der Waals surface area (Å²) < 4.78 is 39.1. The lowest BCUT2D eigenvalue weighted by Crippen LogP contribution is -2.63. The van der Waals surface area contributed by atoms with Gasteiger partial charge in [0.25, 0.3) is 3.79 Å². The van der Waals surface area contributed by atoms with Crippen molar-refractivity contribution < 1.29 is 42.7 Å². The first kappa shape index (κ1) is 34.8. The minimum absolute atomic E-state index is 0.0278. The van der Waals surface area contributed by atoms with Crippen LogP contribution in [0.15, 0.2) is 73.3 Å². The molecule has 6 atom stereocenters. The SMILES string of the molecule is C=CCO[C@H]1[C@H](OCc2ccccc2)[C@@H](COC(C)=O)OC(OC(=N)C(Cl)(Cl)Cl)[C@@H]1O[C@H](C(=O)OCC)c1ccccc1. The molecule has 1 heterocycles. The number of ether oxygens (including phenoxy) is 7. The van der Waals surface area contributed by atoms with E-state index in [0.29, 0.717) is 5.56 Å². The molecule has 1 unspecified atom stereocenters. The van der Waals surface area contributed by atoms with Crippen LogP contribution < -0.4 is 0 Å². The molecule has 1 N–H and O–H groups in total. The summed E-state index contributed by atoms with van der Waals surface area (Å²) in [6.07, 6.45) is -5.48. The fourth-order valence-electron chi connectivity index (χ4n) is 4.24. The van der Waals surface area contributed by atoms with Crippen LogP contribution in [0.4, 0.5) is 0 Å². The third kappa shape index (κ3) is 10.5. The first-order valence-electron chi connectivity index (χ1n) is 13.4. The van der Waals surface area contributed by atoms with Gasteiger partial charge in [0.05, 0.1) is 19.8 Å². The molecule has 1 saturated heterocycles. The van der Waals surface area contributed by atoms with Gasteiger partial charge >= 0.3 is 11.9 Å². The predicted molar refractivity (Wildman–Crippen MR) is 160 cm³/mol. The van der Waals surface area contributed by atoms with E-state index in [2.05, 4.69) is 6.58 Å². The van der Waals surface area contributed by atoms with Gasteiger partial charge in [0.15, 0.2) is 12.2 Å². The van der Waals surface area contributed by atoms with E-state index in [9.17, 15) is 9.59 Å². The molecule has 13 heteroatoms. The number of carbonyl (C=O) groups excluding carboxylic acids is 2. The van der Waals surface area contributed by atoms with Crippen molar-refractivity contribution in [2.75, 3.05) is 19.8 Å². The van der Waals surface area contributed by atoms with Crippen LogP contribution in [0, 0.1) is 5.41 Å². The molecule has 43 heavy (non-hydrogen) atoms. The lowest BCUT2D eigenvalue weighted by atomic mass is 9.97. The van der Waals surface area contributed by atoms with Gasteiger partial charge < -0.3 is 33.2 Å². The maximum atomic E-state index is 13.2. The minimum Gasteiger partial charge on any atom is -0.464 e. The second-order valence-electron chi connectivity index (χ2n) is 9.28. The summed E-state index contributed by atoms with van der Waals surface area (Å²) in [5.41, 5.74) is 1.32. The van der Waals surface area contributed by atoms with Crippen molar-refractivity contribution in [3.63, 3.8) is 0 Å². The first-order chi connectivity index (χ1) is 20.5. The zero-order valence-electron chi connectivity index (χ0n) is 23.7. The molecule has 0 aromatic heterocycles. The molecular formula is C30H34Cl3NO9. The third-order valence-electron chi connectivity index (χ3n) is 6.12. The normalized spacial score (nSPS) is 22.7. The van der Waals surface area contributed by atoms with Gasteiger partial charge in [0, 0.05) is 6.92 Å². The summed E-state index contributed by atoms with van der Waals surface area (Å²) in [4.78, 5) is 24.9. The van der Waals surface area contributed by atoms with Gasteiger partial charge in [-0.2, -0.15) is 0 Å². The van der Waals surface area contributed by atoms with Crippen LogP contribution in [-0.4, -0.2) is 72.2 Å². The molecule has 0 saturated carbocycles. The highest BCUT2D eigenvalue weighted by atomic mass is 35.6. The zero-order valence-corrected chi connectivity index (χ0v) is 25.9. The van der Waals surface area contributed by atoms with Gasteiger partial charge in [-0.15, -0.1) is 6.58 Å². The largest absolute Gasteiger partial charge is 0.464 e. The number of rotatable bonds is 14. The lowest BCUT2D eigenvalue weighted by molar-refractivity contribution is -0.313. The Morgan fingerprint density at radius 1 is 1.00 bits per heavy atom. The lowest BCUT2D eigenvalue weighted by Gasteiger charge is -2.46. The summed E-state index contributed by atoms with van der Waals surface area (Å²) in [5, 5.41) is 8.23. The Balaban J connectivity index is 2.08. The number of carbonyl (C=O) groups is 2. The van der Waals surface area contributed by atoms with Crippen LogP contribution in [0.3, 0.4) is 0 Å². The standard InChI is InChI=1S/C30H34Cl3NO9/c1-4-16-38-25-24(40-17-20-12-8-6-9-13-20)22(18-39-19(3)35)41-28(43-29(34)30(31,32)33)26(25)42-23(27(36)37-5-2)21-14-10-7-11-15-21/h4,6-15,22-26,28,34H,1,5,16-18H2,2-3H3/t22-,23+,24-,25+,26-,28?/m1/s1. The summed E-state index contributed by atoms with van der Waals surface area (Å²) in [5.74, 6) is -2.03. The average Bonchev–Trinajstić information content (AvgIpc) is 2.98. The molecule has 0 radical (unpaired) electrons. The number of esters is 2. The highest BCUT2D eigenvalue weighted by Gasteiger charge is 2.52. The van der Waals surface area contributed by atoms with E-state index >= 15 is 0 Å². The van der Waals surface area contributed by atoms with Crippen LogP contribution >= 0.6 is 34.8 Å². The maximum Gasteiger partial charge on any atom is 0.339 e. The van der Waals surface area contributed by atoms with Crippen molar-refractivity contribution in [1.82, 2.24) is 0 Å². The van der Waals surface area contributed by atoms with E-state index in [4.69, 9.17) is 73.4 Å². The van der Waals surface area contributed by atoms with Gasteiger partial charge in [0.2, 0.25) is 12.2 Å². The van der Waals surface area contributed by atoms with E-state index in [0.717, 1.165) is 5.56 Å². The van der Waals surface area contributed by atoms with E-state index < -0.39 is 58.4 Å². The molecule has 2 aromatic rings. The molecule has 1 fully saturated rings. The van der Waals surface area contributed by atoms with Crippen LogP contribution in [-0.2, 0) is 49.4 Å². The number of nitrogens with one attached hydrogen (secondary N) is 1. The van der Waals surface area contributed by atoms with Crippen molar-refractivity contribution in [3.05, 3.63) is 84.4 Å². The first-order valence-corrected chi connectivity index (χ1v) is 14.5. The highest BCUT2D eigenvalue weighted by Crippen LogP contribution is 2.36. The van der Waals surface area contributed by atoms with Gasteiger partial charge in [-0.25, -0.2) is 4.79 Å². The van der Waals surface area contributed by atoms with E-state index in [1.54, 1.807) is 37.3 Å². The quantitative estimate of drug-likeness (QED) is 0.0924. The van der Waals surface area contributed by atoms with Gasteiger partial charge in [-0.3, -0.25) is 10.2 Å². The van der Waals surface area contributed by atoms with Crippen molar-refractivity contribution in [2.24, 2.45) is 0 Å². The number of hydrogen-bond donors (Lipinski definition) is 1. The van der Waals surface area contributed by atoms with Crippen LogP contribution in [0.1, 0.15) is 31.1 Å². The van der Waals surface area contributed by atoms with E-state index in [-0.39, 0.29) is 26.4 Å². The molecular weight excluding hydrogens is 625 g/mol. The maximum absolute atomic E-state index is 13.2. The summed E-state index contributed by atoms with van der Waals surface area (Å²) >= 11 is 17.8. The molecule has 234 valence electrons. The fraction of sp³-hybridized carbons (Fsp3) is 0.433. The summed E-state index contributed by atoms with van der Waals surface area (Å²) in [6.45, 7) is 6.62. The molecule has 2 aromatic carbocycles. The molecule has 1 aliphatic rings. The zero-order chi connectivity index (χ0) is 31.4. The Morgan fingerprint density at radius 2 is 1.65 bits per heavy atom. The fourth-order valence-corrected chi connectivity index (χ4v) is 4.38. The van der Waals surface area contributed by atoms with Gasteiger partial charge in [0.1, 0.15) is 24.9 Å². The molecule has 1 aliphatic heterocycles. The number of hydrogen-bond acceptors (Lipinski definition) is 10. The minimum atomic E-state index is -2.25. The van der Waals surface area contributed by atoms with Crippen molar-refractivity contribution >= 4 is 52.6 Å². The molecule has 0 bridgehead atoms. The Labute approximate surface area is 265 Å². The Bertz CT molecular complexity index is 1200. The monoisotopic (exact) mass is 657 g/mol. The van der Waals surface area contributed by atoms with Crippen molar-refractivity contribution in [2.45, 2.75) is 61.1 Å². The summed E-state index contributed by atoms with van der Waals surface area (Å²) in [7, 11) is 0. The van der Waals surface area contributed by atoms with Crippen LogP contribution in [0.2, 0.25) is 0 Å². The van der Waals surface area contributed by atoms with E-state index in [1.807, 2.05) is 30.3 Å². The smallest absolute Gasteiger partial charge is 0.339 e. The Morgan fingerprint density at radius 3 is 2.23 bits per heavy atom. The number of halogens is 3. The molecule has 3 rings (SSSR count).